The molecule has 4 aliphatic rings. The van der Waals surface area contributed by atoms with Gasteiger partial charge in [0.2, 0.25) is 5.91 Å². The Balaban J connectivity index is 1.54. The molecule has 6 atom stereocenters. The summed E-state index contributed by atoms with van der Waals surface area (Å²) < 4.78 is 5.50. The molecule has 4 saturated heterocycles. The predicted octanol–water partition coefficient (Wildman–Crippen LogP) is 3.05. The van der Waals surface area contributed by atoms with Crippen molar-refractivity contribution in [3.8, 4) is 5.75 Å². The zero-order valence-corrected chi connectivity index (χ0v) is 18.2. The molecule has 3 unspecified atom stereocenters. The molecule has 0 radical (unpaired) electrons. The molecule has 0 spiro atoms. The van der Waals surface area contributed by atoms with Crippen LogP contribution in [-0.4, -0.2) is 54.6 Å². The molecule has 6 rings (SSSR count). The van der Waals surface area contributed by atoms with Crippen LogP contribution < -0.4 is 15.4 Å². The first-order chi connectivity index (χ1) is 15.2. The number of nitrogens with zero attached hydrogens (tertiary/aromatic N) is 2. The van der Waals surface area contributed by atoms with E-state index < -0.39 is 0 Å². The first-order valence-electron chi connectivity index (χ1n) is 11.5. The van der Waals surface area contributed by atoms with Gasteiger partial charge in [-0.25, -0.2) is 0 Å². The monoisotopic (exact) mass is 420 g/mol. The first-order valence-corrected chi connectivity index (χ1v) is 11.5. The highest BCUT2D eigenvalue weighted by Crippen LogP contribution is 2.42. The van der Waals surface area contributed by atoms with Crippen LogP contribution in [0.3, 0.4) is 0 Å². The second-order valence-corrected chi connectivity index (χ2v) is 9.16. The van der Waals surface area contributed by atoms with E-state index in [0.29, 0.717) is 11.8 Å². The van der Waals surface area contributed by atoms with Crippen molar-refractivity contribution in [2.75, 3.05) is 26.7 Å². The number of amides is 1. The average Bonchev–Trinajstić information content (AvgIpc) is 3.37. The number of benzene rings is 1. The lowest BCUT2D eigenvalue weighted by atomic mass is 9.73. The maximum atomic E-state index is 13.2. The normalized spacial score (nSPS) is 30.8. The topological polar surface area (TPSA) is 66.5 Å². The van der Waals surface area contributed by atoms with Crippen molar-refractivity contribution in [1.82, 2.24) is 20.5 Å². The molecule has 0 aliphatic carbocycles. The van der Waals surface area contributed by atoms with E-state index in [-0.39, 0.29) is 24.0 Å². The van der Waals surface area contributed by atoms with Crippen LogP contribution in [0, 0.1) is 11.8 Å². The fraction of sp³-hybridized carbons (Fsp3) is 0.520. The van der Waals surface area contributed by atoms with Gasteiger partial charge in [0.25, 0.3) is 0 Å². The SMILES string of the molecule is C=CC1CN2CCC1C[C@@H]2[C@H](NC(=O)[C@@H]1CCCN1)c1ccnc2ccc(OC)cc12. The number of nitrogens with one attached hydrogen (secondary N) is 2. The van der Waals surface area contributed by atoms with Crippen molar-refractivity contribution in [3.05, 3.63) is 48.7 Å². The number of carbonyl (C=O) groups excluding carboxylic acids is 1. The minimum absolute atomic E-state index is 0.0823. The summed E-state index contributed by atoms with van der Waals surface area (Å²) in [5.74, 6) is 2.10. The maximum absolute atomic E-state index is 13.2. The van der Waals surface area contributed by atoms with Crippen LogP contribution in [0.5, 0.6) is 5.75 Å². The first kappa shape index (κ1) is 20.5. The van der Waals surface area contributed by atoms with Crippen molar-refractivity contribution < 1.29 is 9.53 Å². The molecule has 5 heterocycles. The van der Waals surface area contributed by atoms with Crippen LogP contribution >= 0.6 is 0 Å². The number of carbonyl (C=O) groups is 1. The van der Waals surface area contributed by atoms with Crippen molar-refractivity contribution in [2.24, 2.45) is 11.8 Å². The highest BCUT2D eigenvalue weighted by molar-refractivity contribution is 5.86. The lowest BCUT2D eigenvalue weighted by Gasteiger charge is -2.51. The highest BCUT2D eigenvalue weighted by Gasteiger charge is 2.43. The Labute approximate surface area is 184 Å². The van der Waals surface area contributed by atoms with Crippen LogP contribution in [0.1, 0.15) is 37.3 Å². The molecule has 6 heteroatoms. The molecule has 164 valence electrons. The number of hydrogen-bond acceptors (Lipinski definition) is 5. The van der Waals surface area contributed by atoms with Gasteiger partial charge in [0.05, 0.1) is 24.7 Å². The van der Waals surface area contributed by atoms with Gasteiger partial charge in [-0.1, -0.05) is 6.08 Å². The van der Waals surface area contributed by atoms with E-state index in [0.717, 1.165) is 61.1 Å². The molecule has 4 aliphatic heterocycles. The summed E-state index contributed by atoms with van der Waals surface area (Å²) in [5.41, 5.74) is 2.06. The van der Waals surface area contributed by atoms with E-state index in [1.807, 2.05) is 24.4 Å². The number of hydrogen-bond donors (Lipinski definition) is 2. The van der Waals surface area contributed by atoms with Crippen LogP contribution in [0.2, 0.25) is 0 Å². The fourth-order valence-electron chi connectivity index (χ4n) is 5.81. The minimum Gasteiger partial charge on any atom is -0.497 e. The van der Waals surface area contributed by atoms with Gasteiger partial charge >= 0.3 is 0 Å². The minimum atomic E-state index is -0.0955. The Morgan fingerprint density at radius 2 is 2.29 bits per heavy atom. The number of methoxy groups -OCH3 is 1. The van der Waals surface area contributed by atoms with E-state index in [1.54, 1.807) is 7.11 Å². The maximum Gasteiger partial charge on any atom is 0.237 e. The summed E-state index contributed by atoms with van der Waals surface area (Å²) >= 11 is 0. The fourth-order valence-corrected chi connectivity index (χ4v) is 5.81. The summed E-state index contributed by atoms with van der Waals surface area (Å²) in [7, 11) is 1.68. The average molecular weight is 421 g/mol. The van der Waals surface area contributed by atoms with E-state index in [2.05, 4.69) is 39.2 Å². The Hall–Kier alpha value is -2.44. The molecule has 0 saturated carbocycles. The van der Waals surface area contributed by atoms with E-state index in [9.17, 15) is 4.79 Å². The number of ether oxygens (including phenoxy) is 1. The summed E-state index contributed by atoms with van der Waals surface area (Å²) in [6.07, 6.45) is 8.22. The van der Waals surface area contributed by atoms with E-state index >= 15 is 0 Å². The predicted molar refractivity (Wildman–Crippen MR) is 122 cm³/mol. The lowest BCUT2D eigenvalue weighted by Crippen LogP contribution is -2.58. The molecule has 2 aromatic rings. The molecule has 4 fully saturated rings. The van der Waals surface area contributed by atoms with Crippen molar-refractivity contribution >= 4 is 16.8 Å². The third-order valence-corrected chi connectivity index (χ3v) is 7.53. The Morgan fingerprint density at radius 3 is 3.00 bits per heavy atom. The molecule has 1 aromatic heterocycles. The van der Waals surface area contributed by atoms with Gasteiger partial charge < -0.3 is 15.4 Å². The van der Waals surface area contributed by atoms with Gasteiger partial charge in [-0.2, -0.15) is 0 Å². The third kappa shape index (κ3) is 3.83. The van der Waals surface area contributed by atoms with Gasteiger partial charge in [0.1, 0.15) is 5.75 Å². The molecule has 6 nitrogen and oxygen atoms in total. The second-order valence-electron chi connectivity index (χ2n) is 9.16. The van der Waals surface area contributed by atoms with Gasteiger partial charge in [0.15, 0.2) is 0 Å². The number of pyridine rings is 1. The van der Waals surface area contributed by atoms with Crippen LogP contribution in [0.25, 0.3) is 10.9 Å². The molecule has 2 bridgehead atoms. The van der Waals surface area contributed by atoms with Gasteiger partial charge in [0, 0.05) is 24.2 Å². The van der Waals surface area contributed by atoms with Gasteiger partial charge in [-0.3, -0.25) is 14.7 Å². The Kier molecular flexibility index (Phi) is 5.67. The molecular weight excluding hydrogens is 388 g/mol. The zero-order chi connectivity index (χ0) is 21.4. The summed E-state index contributed by atoms with van der Waals surface area (Å²) in [4.78, 5) is 20.3. The van der Waals surface area contributed by atoms with Crippen molar-refractivity contribution in [2.45, 2.75) is 43.8 Å². The molecule has 2 N–H and O–H groups in total. The summed E-state index contributed by atoms with van der Waals surface area (Å²) in [6, 6.07) is 8.16. The quantitative estimate of drug-likeness (QED) is 0.703. The molecule has 31 heavy (non-hydrogen) atoms. The number of piperidine rings is 3. The zero-order valence-electron chi connectivity index (χ0n) is 18.2. The molecular formula is C25H32N4O2. The second kappa shape index (κ2) is 8.60. The number of rotatable bonds is 6. The molecule has 1 amide bonds. The lowest BCUT2D eigenvalue weighted by molar-refractivity contribution is -0.124. The number of aromatic nitrogens is 1. The molecule has 1 aromatic carbocycles. The van der Waals surface area contributed by atoms with Gasteiger partial charge in [-0.05, 0) is 80.4 Å². The van der Waals surface area contributed by atoms with Crippen LogP contribution in [0.4, 0.5) is 0 Å². The highest BCUT2D eigenvalue weighted by atomic mass is 16.5. The standard InChI is InChI=1S/C25H32N4O2/c1-3-16-15-29-12-9-17(16)13-23(29)24(28-25(30)22-5-4-10-26-22)19-8-11-27-21-7-6-18(31-2)14-20(19)21/h3,6-8,11,14,16-17,22-24,26H,1,4-5,9-10,12-13,15H2,2H3,(H,28,30)/t16?,17?,22-,23+,24+/m0/s1. The third-order valence-electron chi connectivity index (χ3n) is 7.53. The van der Waals surface area contributed by atoms with Gasteiger partial charge in [-0.15, -0.1) is 6.58 Å². The Bertz CT molecular complexity index is 971. The van der Waals surface area contributed by atoms with Crippen LogP contribution in [0.15, 0.2) is 43.1 Å². The summed E-state index contributed by atoms with van der Waals surface area (Å²) in [6.45, 7) is 7.09. The smallest absolute Gasteiger partial charge is 0.237 e. The van der Waals surface area contributed by atoms with E-state index in [1.165, 1.54) is 6.42 Å². The van der Waals surface area contributed by atoms with Crippen molar-refractivity contribution in [3.63, 3.8) is 0 Å². The Morgan fingerprint density at radius 1 is 1.39 bits per heavy atom. The summed E-state index contributed by atoms with van der Waals surface area (Å²) in [5, 5.41) is 7.86. The number of fused-ring (bicyclic) bond motifs is 4. The largest absolute Gasteiger partial charge is 0.497 e. The van der Waals surface area contributed by atoms with Crippen molar-refractivity contribution in [1.29, 1.82) is 0 Å². The van der Waals surface area contributed by atoms with E-state index in [4.69, 9.17) is 4.74 Å². The van der Waals surface area contributed by atoms with Crippen LogP contribution in [-0.2, 0) is 4.79 Å².